The highest BCUT2D eigenvalue weighted by Crippen LogP contribution is 2.35. The number of rotatable bonds is 6. The predicted molar refractivity (Wildman–Crippen MR) is 67.2 cm³/mol. The van der Waals surface area contributed by atoms with E-state index in [1.54, 1.807) is 0 Å². The van der Waals surface area contributed by atoms with E-state index in [9.17, 15) is 0 Å². The fraction of sp³-hybridized carbons (Fsp3) is 0.643. The van der Waals surface area contributed by atoms with Crippen LogP contribution in [0.5, 0.6) is 0 Å². The molecule has 0 radical (unpaired) electrons. The second-order valence-electron chi connectivity index (χ2n) is 4.76. The van der Waals surface area contributed by atoms with Crippen LogP contribution in [0.3, 0.4) is 0 Å². The van der Waals surface area contributed by atoms with Crippen LogP contribution < -0.4 is 5.32 Å². The zero-order valence-electron chi connectivity index (χ0n) is 10.3. The molecule has 0 saturated heterocycles. The third-order valence-corrected chi connectivity index (χ3v) is 3.56. The fourth-order valence-corrected chi connectivity index (χ4v) is 2.39. The first-order valence-corrected chi connectivity index (χ1v) is 6.51. The first kappa shape index (κ1) is 11.6. The largest absolute Gasteiger partial charge is 0.307 e. The maximum absolute atomic E-state index is 4.08. The van der Waals surface area contributed by atoms with Crippen molar-refractivity contribution in [3.63, 3.8) is 0 Å². The maximum atomic E-state index is 4.08. The van der Waals surface area contributed by atoms with Gasteiger partial charge in [0.2, 0.25) is 0 Å². The van der Waals surface area contributed by atoms with Crippen molar-refractivity contribution >= 4 is 0 Å². The Labute approximate surface area is 98.5 Å². The molecule has 0 bridgehead atoms. The molecule has 1 heterocycles. The van der Waals surface area contributed by atoms with Crippen LogP contribution in [0.15, 0.2) is 24.5 Å². The van der Waals surface area contributed by atoms with Crippen LogP contribution in [0.25, 0.3) is 0 Å². The van der Waals surface area contributed by atoms with E-state index in [1.807, 2.05) is 12.4 Å². The molecule has 88 valence electrons. The highest BCUT2D eigenvalue weighted by atomic mass is 15.0. The first-order valence-electron chi connectivity index (χ1n) is 6.51. The summed E-state index contributed by atoms with van der Waals surface area (Å²) < 4.78 is 0. The molecule has 1 saturated carbocycles. The van der Waals surface area contributed by atoms with Crippen molar-refractivity contribution < 1.29 is 0 Å². The lowest BCUT2D eigenvalue weighted by Gasteiger charge is -2.24. The fourth-order valence-electron chi connectivity index (χ4n) is 2.39. The molecule has 0 spiro atoms. The van der Waals surface area contributed by atoms with E-state index in [0.29, 0.717) is 12.1 Å². The van der Waals surface area contributed by atoms with Gasteiger partial charge in [-0.1, -0.05) is 13.8 Å². The van der Waals surface area contributed by atoms with Gasteiger partial charge in [0.15, 0.2) is 0 Å². The van der Waals surface area contributed by atoms with Crippen molar-refractivity contribution in [2.24, 2.45) is 5.92 Å². The van der Waals surface area contributed by atoms with Crippen molar-refractivity contribution in [2.45, 2.75) is 51.6 Å². The minimum absolute atomic E-state index is 0.494. The SMILES string of the molecule is CCC(NC(CC)C1CC1)c1ccncc1. The van der Waals surface area contributed by atoms with Crippen LogP contribution in [0, 0.1) is 5.92 Å². The van der Waals surface area contributed by atoms with Gasteiger partial charge in [-0.3, -0.25) is 4.98 Å². The maximum Gasteiger partial charge on any atom is 0.0321 e. The summed E-state index contributed by atoms with van der Waals surface area (Å²) in [5, 5.41) is 3.80. The van der Waals surface area contributed by atoms with Gasteiger partial charge in [-0.05, 0) is 49.3 Å². The third-order valence-electron chi connectivity index (χ3n) is 3.56. The summed E-state index contributed by atoms with van der Waals surface area (Å²) in [6, 6.07) is 5.45. The van der Waals surface area contributed by atoms with Crippen molar-refractivity contribution in [1.82, 2.24) is 10.3 Å². The summed E-state index contributed by atoms with van der Waals surface area (Å²) in [5.41, 5.74) is 1.37. The van der Waals surface area contributed by atoms with E-state index in [2.05, 4.69) is 36.3 Å². The van der Waals surface area contributed by atoms with Crippen molar-refractivity contribution in [1.29, 1.82) is 0 Å². The molecule has 1 aromatic rings. The smallest absolute Gasteiger partial charge is 0.0321 e. The molecule has 1 fully saturated rings. The zero-order valence-corrected chi connectivity index (χ0v) is 10.3. The standard InChI is InChI=1S/C14H22N2/c1-3-13(11-5-6-11)16-14(4-2)12-7-9-15-10-8-12/h7-11,13-14,16H,3-6H2,1-2H3. The molecular weight excluding hydrogens is 196 g/mol. The normalized spacial score (nSPS) is 19.4. The minimum Gasteiger partial charge on any atom is -0.307 e. The molecule has 2 atom stereocenters. The van der Waals surface area contributed by atoms with Crippen molar-refractivity contribution in [3.05, 3.63) is 30.1 Å². The van der Waals surface area contributed by atoms with Gasteiger partial charge in [0, 0.05) is 24.5 Å². The van der Waals surface area contributed by atoms with E-state index in [1.165, 1.54) is 24.8 Å². The molecule has 16 heavy (non-hydrogen) atoms. The molecule has 1 aliphatic carbocycles. The van der Waals surface area contributed by atoms with Gasteiger partial charge in [0.1, 0.15) is 0 Å². The monoisotopic (exact) mass is 218 g/mol. The average Bonchev–Trinajstić information content (AvgIpc) is 3.16. The molecule has 0 amide bonds. The second kappa shape index (κ2) is 5.44. The first-order chi connectivity index (χ1) is 7.85. The summed E-state index contributed by atoms with van der Waals surface area (Å²) in [5.74, 6) is 0.931. The quantitative estimate of drug-likeness (QED) is 0.792. The van der Waals surface area contributed by atoms with Gasteiger partial charge in [-0.2, -0.15) is 0 Å². The van der Waals surface area contributed by atoms with E-state index in [0.717, 1.165) is 12.3 Å². The molecule has 2 rings (SSSR count). The average molecular weight is 218 g/mol. The Balaban J connectivity index is 1.99. The lowest BCUT2D eigenvalue weighted by Crippen LogP contribution is -2.33. The topological polar surface area (TPSA) is 24.9 Å². The molecule has 1 aliphatic rings. The van der Waals surface area contributed by atoms with Crippen LogP contribution in [0.4, 0.5) is 0 Å². The summed E-state index contributed by atoms with van der Waals surface area (Å²) in [6.07, 6.45) is 8.99. The highest BCUT2D eigenvalue weighted by Gasteiger charge is 2.31. The number of aromatic nitrogens is 1. The molecule has 2 heteroatoms. The van der Waals surface area contributed by atoms with Gasteiger partial charge in [-0.25, -0.2) is 0 Å². The van der Waals surface area contributed by atoms with E-state index < -0.39 is 0 Å². The number of nitrogens with zero attached hydrogens (tertiary/aromatic N) is 1. The van der Waals surface area contributed by atoms with E-state index in [-0.39, 0.29) is 0 Å². The number of nitrogens with one attached hydrogen (secondary N) is 1. The Morgan fingerprint density at radius 2 is 1.94 bits per heavy atom. The molecular formula is C14H22N2. The van der Waals surface area contributed by atoms with Crippen LogP contribution in [0.1, 0.15) is 51.1 Å². The highest BCUT2D eigenvalue weighted by molar-refractivity contribution is 5.15. The van der Waals surface area contributed by atoms with Gasteiger partial charge in [0.25, 0.3) is 0 Å². The molecule has 2 unspecified atom stereocenters. The Morgan fingerprint density at radius 1 is 1.25 bits per heavy atom. The van der Waals surface area contributed by atoms with Gasteiger partial charge in [-0.15, -0.1) is 0 Å². The summed E-state index contributed by atoms with van der Waals surface area (Å²) >= 11 is 0. The zero-order chi connectivity index (χ0) is 11.4. The van der Waals surface area contributed by atoms with E-state index in [4.69, 9.17) is 0 Å². The van der Waals surface area contributed by atoms with Crippen molar-refractivity contribution in [3.8, 4) is 0 Å². The summed E-state index contributed by atoms with van der Waals surface area (Å²) in [7, 11) is 0. The van der Waals surface area contributed by atoms with E-state index >= 15 is 0 Å². The summed E-state index contributed by atoms with van der Waals surface area (Å²) in [6.45, 7) is 4.53. The number of hydrogen-bond acceptors (Lipinski definition) is 2. The van der Waals surface area contributed by atoms with Crippen LogP contribution >= 0.6 is 0 Å². The Kier molecular flexibility index (Phi) is 3.94. The molecule has 0 aliphatic heterocycles. The molecule has 1 N–H and O–H groups in total. The number of pyridine rings is 1. The molecule has 2 nitrogen and oxygen atoms in total. The van der Waals surface area contributed by atoms with Gasteiger partial charge >= 0.3 is 0 Å². The third kappa shape index (κ3) is 2.82. The van der Waals surface area contributed by atoms with Gasteiger partial charge in [0.05, 0.1) is 0 Å². The summed E-state index contributed by atoms with van der Waals surface area (Å²) in [4.78, 5) is 4.08. The molecule has 0 aromatic carbocycles. The lowest BCUT2D eigenvalue weighted by molar-refractivity contribution is 0.383. The minimum atomic E-state index is 0.494. The Hall–Kier alpha value is -0.890. The van der Waals surface area contributed by atoms with Gasteiger partial charge < -0.3 is 5.32 Å². The van der Waals surface area contributed by atoms with Crippen molar-refractivity contribution in [2.75, 3.05) is 0 Å². The van der Waals surface area contributed by atoms with Crippen LogP contribution in [0.2, 0.25) is 0 Å². The number of hydrogen-bond donors (Lipinski definition) is 1. The predicted octanol–water partition coefficient (Wildman–Crippen LogP) is 3.31. The second-order valence-corrected chi connectivity index (χ2v) is 4.76. The van der Waals surface area contributed by atoms with Crippen LogP contribution in [-0.4, -0.2) is 11.0 Å². The Bertz CT molecular complexity index is 306. The Morgan fingerprint density at radius 3 is 2.44 bits per heavy atom. The lowest BCUT2D eigenvalue weighted by atomic mass is 10.0. The van der Waals surface area contributed by atoms with Crippen LogP contribution in [-0.2, 0) is 0 Å². The molecule has 1 aromatic heterocycles.